The Morgan fingerprint density at radius 1 is 1.22 bits per heavy atom. The number of amides is 1. The van der Waals surface area contributed by atoms with E-state index in [1.54, 1.807) is 25.3 Å². The molecule has 0 bridgehead atoms. The quantitative estimate of drug-likeness (QED) is 0.718. The lowest BCUT2D eigenvalue weighted by Gasteiger charge is -2.06. The molecule has 1 heterocycles. The number of fused-ring (bicyclic) bond motifs is 1. The Kier molecular flexibility index (Phi) is 4.07. The van der Waals surface area contributed by atoms with Gasteiger partial charge in [-0.3, -0.25) is 15.6 Å². The van der Waals surface area contributed by atoms with Crippen molar-refractivity contribution in [2.24, 2.45) is 0 Å². The van der Waals surface area contributed by atoms with Crippen LogP contribution >= 0.6 is 11.3 Å². The summed E-state index contributed by atoms with van der Waals surface area (Å²) in [6.45, 7) is 0. The number of aromatic nitrogens is 1. The summed E-state index contributed by atoms with van der Waals surface area (Å²) in [5.74, 6) is -2.10. The fourth-order valence-electron chi connectivity index (χ4n) is 1.97. The number of methoxy groups -OCH3 is 1. The van der Waals surface area contributed by atoms with Gasteiger partial charge in [0.15, 0.2) is 0 Å². The molecule has 0 aliphatic heterocycles. The minimum atomic E-state index is -0.932. The molecule has 0 saturated carbocycles. The fraction of sp³-hybridized carbons (Fsp3) is 0.0667. The smallest absolute Gasteiger partial charge is 0.275 e. The van der Waals surface area contributed by atoms with Crippen LogP contribution in [-0.2, 0) is 0 Å². The van der Waals surface area contributed by atoms with Crippen molar-refractivity contribution in [2.45, 2.75) is 0 Å². The van der Waals surface area contributed by atoms with Crippen LogP contribution in [0.25, 0.3) is 10.2 Å². The summed E-state index contributed by atoms with van der Waals surface area (Å²) in [7, 11) is 1.56. The van der Waals surface area contributed by atoms with Gasteiger partial charge in [-0.2, -0.15) is 0 Å². The van der Waals surface area contributed by atoms with Gasteiger partial charge in [-0.15, -0.1) is 0 Å². The molecule has 1 amide bonds. The third-order valence-electron chi connectivity index (χ3n) is 3.07. The molecule has 0 radical (unpaired) electrons. The van der Waals surface area contributed by atoms with Crippen molar-refractivity contribution in [3.8, 4) is 5.75 Å². The summed E-state index contributed by atoms with van der Waals surface area (Å²) in [5, 5.41) is 0.387. The number of nitrogens with one attached hydrogen (secondary N) is 2. The highest BCUT2D eigenvalue weighted by Crippen LogP contribution is 2.28. The molecule has 0 unspecified atom stereocenters. The third kappa shape index (κ3) is 3.07. The van der Waals surface area contributed by atoms with Crippen LogP contribution in [0.1, 0.15) is 10.4 Å². The Morgan fingerprint density at radius 3 is 2.65 bits per heavy atom. The minimum Gasteiger partial charge on any atom is -0.497 e. The molecule has 1 aromatic heterocycles. The number of halogens is 2. The van der Waals surface area contributed by atoms with E-state index in [4.69, 9.17) is 4.74 Å². The summed E-state index contributed by atoms with van der Waals surface area (Å²) in [4.78, 5) is 16.1. The van der Waals surface area contributed by atoms with E-state index in [2.05, 4.69) is 15.8 Å². The van der Waals surface area contributed by atoms with E-state index in [1.165, 1.54) is 17.4 Å². The lowest BCUT2D eigenvalue weighted by Crippen LogP contribution is -2.30. The Labute approximate surface area is 133 Å². The van der Waals surface area contributed by atoms with Crippen molar-refractivity contribution in [1.29, 1.82) is 0 Å². The van der Waals surface area contributed by atoms with Crippen molar-refractivity contribution in [1.82, 2.24) is 10.4 Å². The Morgan fingerprint density at radius 2 is 1.96 bits per heavy atom. The minimum absolute atomic E-state index is 0.387. The second-order valence-electron chi connectivity index (χ2n) is 4.53. The summed E-state index contributed by atoms with van der Waals surface area (Å²) in [6, 6.07) is 8.56. The van der Waals surface area contributed by atoms with Crippen LogP contribution < -0.4 is 15.6 Å². The fourth-order valence-corrected chi connectivity index (χ4v) is 2.82. The van der Waals surface area contributed by atoms with Crippen molar-refractivity contribution in [2.75, 3.05) is 12.5 Å². The molecular weight excluding hydrogens is 324 g/mol. The number of carbonyl (C=O) groups excluding carboxylic acids is 1. The van der Waals surface area contributed by atoms with Crippen molar-refractivity contribution in [3.05, 3.63) is 53.6 Å². The van der Waals surface area contributed by atoms with Gasteiger partial charge >= 0.3 is 0 Å². The number of nitrogens with zero attached hydrogens (tertiary/aromatic N) is 1. The van der Waals surface area contributed by atoms with Crippen LogP contribution in [0.3, 0.4) is 0 Å². The molecule has 0 aliphatic rings. The predicted molar refractivity (Wildman–Crippen MR) is 83.6 cm³/mol. The highest BCUT2D eigenvalue weighted by molar-refractivity contribution is 7.22. The first-order valence-electron chi connectivity index (χ1n) is 6.53. The first-order valence-corrected chi connectivity index (χ1v) is 7.35. The highest BCUT2D eigenvalue weighted by Gasteiger charge is 2.17. The Balaban J connectivity index is 1.76. The maximum atomic E-state index is 13.5. The zero-order chi connectivity index (χ0) is 16.4. The molecule has 118 valence electrons. The summed E-state index contributed by atoms with van der Waals surface area (Å²) in [5.41, 5.74) is 4.85. The molecule has 8 heteroatoms. The number of ether oxygens (including phenoxy) is 1. The van der Waals surface area contributed by atoms with Gasteiger partial charge in [0.25, 0.3) is 5.91 Å². The number of hydrogen-bond acceptors (Lipinski definition) is 5. The van der Waals surface area contributed by atoms with E-state index in [1.807, 2.05) is 0 Å². The lowest BCUT2D eigenvalue weighted by molar-refractivity contribution is 0.0954. The summed E-state index contributed by atoms with van der Waals surface area (Å²) in [6.07, 6.45) is 0. The second kappa shape index (κ2) is 6.17. The monoisotopic (exact) mass is 335 g/mol. The zero-order valence-corrected chi connectivity index (χ0v) is 12.7. The van der Waals surface area contributed by atoms with Gasteiger partial charge in [-0.25, -0.2) is 13.8 Å². The second-order valence-corrected chi connectivity index (χ2v) is 5.56. The standard InChI is InChI=1S/C15H11F2N3O2S/c1-22-8-5-6-11-12(7-8)23-15(18-11)20-19-14(21)13-9(16)3-2-4-10(13)17/h2-7H,1H3,(H,18,20)(H,19,21). The molecule has 23 heavy (non-hydrogen) atoms. The number of anilines is 1. The van der Waals surface area contributed by atoms with Gasteiger partial charge in [-0.05, 0) is 30.3 Å². The van der Waals surface area contributed by atoms with E-state index in [-0.39, 0.29) is 0 Å². The molecule has 2 N–H and O–H groups in total. The van der Waals surface area contributed by atoms with Gasteiger partial charge in [0, 0.05) is 0 Å². The van der Waals surface area contributed by atoms with E-state index >= 15 is 0 Å². The van der Waals surface area contributed by atoms with Crippen molar-refractivity contribution < 1.29 is 18.3 Å². The average Bonchev–Trinajstić information content (AvgIpc) is 2.94. The van der Waals surface area contributed by atoms with Crippen LogP contribution in [0.4, 0.5) is 13.9 Å². The number of thiazole rings is 1. The molecule has 2 aromatic carbocycles. The van der Waals surface area contributed by atoms with E-state index < -0.39 is 23.1 Å². The zero-order valence-electron chi connectivity index (χ0n) is 11.9. The van der Waals surface area contributed by atoms with Crippen LogP contribution in [0.5, 0.6) is 5.75 Å². The van der Waals surface area contributed by atoms with Gasteiger partial charge in [-0.1, -0.05) is 17.4 Å². The number of hydrogen-bond donors (Lipinski definition) is 2. The third-order valence-corrected chi connectivity index (χ3v) is 4.00. The number of carbonyl (C=O) groups is 1. The maximum Gasteiger partial charge on any atom is 0.275 e. The van der Waals surface area contributed by atoms with Gasteiger partial charge < -0.3 is 4.74 Å². The van der Waals surface area contributed by atoms with E-state index in [9.17, 15) is 13.6 Å². The lowest BCUT2D eigenvalue weighted by atomic mass is 10.2. The Hall–Kier alpha value is -2.74. The van der Waals surface area contributed by atoms with Gasteiger partial charge in [0.05, 0.1) is 17.3 Å². The summed E-state index contributed by atoms with van der Waals surface area (Å²) < 4.78 is 33.0. The molecule has 0 fully saturated rings. The maximum absolute atomic E-state index is 13.5. The molecule has 0 saturated heterocycles. The Bertz CT molecular complexity index is 862. The first kappa shape index (κ1) is 15.2. The van der Waals surface area contributed by atoms with Crippen LogP contribution in [-0.4, -0.2) is 18.0 Å². The number of hydrazine groups is 1. The predicted octanol–water partition coefficient (Wildman–Crippen LogP) is 3.34. The number of rotatable bonds is 4. The van der Waals surface area contributed by atoms with Gasteiger partial charge in [0.1, 0.15) is 22.9 Å². The first-order chi connectivity index (χ1) is 11.1. The van der Waals surface area contributed by atoms with Crippen LogP contribution in [0, 0.1) is 11.6 Å². The van der Waals surface area contributed by atoms with Crippen molar-refractivity contribution in [3.63, 3.8) is 0 Å². The van der Waals surface area contributed by atoms with Crippen LogP contribution in [0.15, 0.2) is 36.4 Å². The number of benzene rings is 2. The SMILES string of the molecule is COc1ccc2nc(NNC(=O)c3c(F)cccc3F)sc2c1. The molecule has 0 atom stereocenters. The van der Waals surface area contributed by atoms with Gasteiger partial charge in [0.2, 0.25) is 5.13 Å². The molecule has 3 rings (SSSR count). The topological polar surface area (TPSA) is 63.2 Å². The molecule has 0 aliphatic carbocycles. The van der Waals surface area contributed by atoms with Crippen LogP contribution in [0.2, 0.25) is 0 Å². The molecule has 3 aromatic rings. The molecule has 0 spiro atoms. The average molecular weight is 335 g/mol. The highest BCUT2D eigenvalue weighted by atomic mass is 32.1. The van der Waals surface area contributed by atoms with E-state index in [0.717, 1.165) is 16.8 Å². The normalized spacial score (nSPS) is 10.6. The van der Waals surface area contributed by atoms with E-state index in [0.29, 0.717) is 16.4 Å². The molecular formula is C15H11F2N3O2S. The largest absolute Gasteiger partial charge is 0.497 e. The summed E-state index contributed by atoms with van der Waals surface area (Å²) >= 11 is 1.27. The molecule has 5 nitrogen and oxygen atoms in total. The van der Waals surface area contributed by atoms with Crippen molar-refractivity contribution >= 4 is 32.6 Å².